The van der Waals surface area contributed by atoms with E-state index in [9.17, 15) is 4.79 Å². The van der Waals surface area contributed by atoms with Crippen LogP contribution in [0.2, 0.25) is 0 Å². The summed E-state index contributed by atoms with van der Waals surface area (Å²) in [4.78, 5) is 14.5. The molecule has 0 aromatic heterocycles. The predicted octanol–water partition coefficient (Wildman–Crippen LogP) is 2.55. The van der Waals surface area contributed by atoms with Crippen LogP contribution in [0.25, 0.3) is 0 Å². The van der Waals surface area contributed by atoms with Crippen molar-refractivity contribution in [3.63, 3.8) is 0 Å². The van der Waals surface area contributed by atoms with Gasteiger partial charge in [0.15, 0.2) is 0 Å². The maximum absolute atomic E-state index is 12.6. The number of amides is 1. The molecule has 106 valence electrons. The normalized spacial score (nSPS) is 22.8. The van der Waals surface area contributed by atoms with Crippen molar-refractivity contribution in [2.45, 2.75) is 39.8 Å². The van der Waals surface area contributed by atoms with E-state index in [1.165, 1.54) is 0 Å². The predicted molar refractivity (Wildman–Crippen MR) is 81.1 cm³/mol. The van der Waals surface area contributed by atoms with Gasteiger partial charge in [-0.05, 0) is 39.8 Å². The Bertz CT molecular complexity index is 441. The molecule has 2 rings (SSSR count). The first kappa shape index (κ1) is 16.0. The second-order valence-electron chi connectivity index (χ2n) is 5.36. The van der Waals surface area contributed by atoms with E-state index in [0.717, 1.165) is 29.8 Å². The first-order valence-corrected chi connectivity index (χ1v) is 6.61. The molecule has 19 heavy (non-hydrogen) atoms. The van der Waals surface area contributed by atoms with E-state index < -0.39 is 0 Å². The van der Waals surface area contributed by atoms with Crippen LogP contribution in [0.1, 0.15) is 35.3 Å². The number of nitrogens with zero attached hydrogens (tertiary/aromatic N) is 1. The average molecular weight is 283 g/mol. The van der Waals surface area contributed by atoms with Gasteiger partial charge < -0.3 is 10.2 Å². The summed E-state index contributed by atoms with van der Waals surface area (Å²) in [6.07, 6.45) is 0. The average Bonchev–Trinajstić information content (AvgIpc) is 2.30. The van der Waals surface area contributed by atoms with Gasteiger partial charge in [-0.1, -0.05) is 17.2 Å². The van der Waals surface area contributed by atoms with Crippen molar-refractivity contribution in [1.82, 2.24) is 10.2 Å². The SMILES string of the molecule is Cc1cc(C)cc(C(=O)N2CCNC(C)C2C)c1.Cl. The van der Waals surface area contributed by atoms with Crippen LogP contribution in [-0.2, 0) is 0 Å². The Hall–Kier alpha value is -1.06. The maximum atomic E-state index is 12.6. The molecule has 0 aliphatic carbocycles. The number of halogens is 1. The van der Waals surface area contributed by atoms with Crippen LogP contribution in [0.4, 0.5) is 0 Å². The first-order chi connectivity index (χ1) is 8.49. The number of carbonyl (C=O) groups excluding carboxylic acids is 1. The summed E-state index contributed by atoms with van der Waals surface area (Å²) in [6.45, 7) is 9.98. The maximum Gasteiger partial charge on any atom is 0.254 e. The summed E-state index contributed by atoms with van der Waals surface area (Å²) in [5.74, 6) is 0.155. The van der Waals surface area contributed by atoms with E-state index in [0.29, 0.717) is 6.04 Å². The molecule has 1 aliphatic heterocycles. The second-order valence-corrected chi connectivity index (χ2v) is 5.36. The molecule has 1 amide bonds. The van der Waals surface area contributed by atoms with Crippen molar-refractivity contribution in [2.75, 3.05) is 13.1 Å². The van der Waals surface area contributed by atoms with Gasteiger partial charge in [-0.3, -0.25) is 4.79 Å². The quantitative estimate of drug-likeness (QED) is 0.859. The number of rotatable bonds is 1. The minimum Gasteiger partial charge on any atom is -0.333 e. The fourth-order valence-electron chi connectivity index (χ4n) is 2.61. The van der Waals surface area contributed by atoms with Crippen LogP contribution in [0, 0.1) is 13.8 Å². The van der Waals surface area contributed by atoms with Crippen molar-refractivity contribution in [2.24, 2.45) is 0 Å². The van der Waals surface area contributed by atoms with Gasteiger partial charge in [-0.25, -0.2) is 0 Å². The smallest absolute Gasteiger partial charge is 0.254 e. The van der Waals surface area contributed by atoms with Gasteiger partial charge >= 0.3 is 0 Å². The molecule has 0 radical (unpaired) electrons. The molecule has 4 heteroatoms. The molecule has 1 N–H and O–H groups in total. The van der Waals surface area contributed by atoms with Crippen LogP contribution in [0.15, 0.2) is 18.2 Å². The second kappa shape index (κ2) is 6.40. The zero-order valence-electron chi connectivity index (χ0n) is 12.1. The Balaban J connectivity index is 0.00000180. The number of hydrogen-bond acceptors (Lipinski definition) is 2. The highest BCUT2D eigenvalue weighted by Gasteiger charge is 2.28. The number of nitrogens with one attached hydrogen (secondary N) is 1. The van der Waals surface area contributed by atoms with Gasteiger partial charge in [-0.15, -0.1) is 12.4 Å². The van der Waals surface area contributed by atoms with Crippen LogP contribution in [0.5, 0.6) is 0 Å². The van der Waals surface area contributed by atoms with Crippen molar-refractivity contribution in [3.05, 3.63) is 34.9 Å². The molecule has 1 aliphatic rings. The zero-order chi connectivity index (χ0) is 13.3. The molecule has 0 saturated carbocycles. The van der Waals surface area contributed by atoms with Gasteiger partial charge in [0, 0.05) is 30.7 Å². The first-order valence-electron chi connectivity index (χ1n) is 6.61. The molecule has 2 unspecified atom stereocenters. The molecule has 1 aromatic carbocycles. The van der Waals surface area contributed by atoms with Crippen molar-refractivity contribution in [1.29, 1.82) is 0 Å². The summed E-state index contributed by atoms with van der Waals surface area (Å²) in [6, 6.07) is 6.66. The van der Waals surface area contributed by atoms with E-state index in [-0.39, 0.29) is 24.4 Å². The summed E-state index contributed by atoms with van der Waals surface area (Å²) >= 11 is 0. The third-order valence-corrected chi connectivity index (χ3v) is 3.76. The fraction of sp³-hybridized carbons (Fsp3) is 0.533. The van der Waals surface area contributed by atoms with Crippen molar-refractivity contribution < 1.29 is 4.79 Å². The van der Waals surface area contributed by atoms with Crippen LogP contribution in [-0.4, -0.2) is 36.0 Å². The highest BCUT2D eigenvalue weighted by atomic mass is 35.5. The molecule has 0 bridgehead atoms. The van der Waals surface area contributed by atoms with Gasteiger partial charge in [0.05, 0.1) is 0 Å². The molecule has 2 atom stereocenters. The lowest BCUT2D eigenvalue weighted by atomic mass is 10.0. The number of benzene rings is 1. The van der Waals surface area contributed by atoms with Crippen LogP contribution < -0.4 is 5.32 Å². The molecular formula is C15H23ClN2O. The Morgan fingerprint density at radius 1 is 1.21 bits per heavy atom. The third-order valence-electron chi connectivity index (χ3n) is 3.76. The van der Waals surface area contributed by atoms with E-state index in [1.807, 2.05) is 30.9 Å². The summed E-state index contributed by atoms with van der Waals surface area (Å²) in [5, 5.41) is 3.40. The zero-order valence-corrected chi connectivity index (χ0v) is 12.9. The van der Waals surface area contributed by atoms with Gasteiger partial charge in [0.1, 0.15) is 0 Å². The lowest BCUT2D eigenvalue weighted by Crippen LogP contribution is -2.57. The molecular weight excluding hydrogens is 260 g/mol. The number of piperazine rings is 1. The molecule has 3 nitrogen and oxygen atoms in total. The lowest BCUT2D eigenvalue weighted by molar-refractivity contribution is 0.0603. The Kier molecular flexibility index (Phi) is 5.39. The monoisotopic (exact) mass is 282 g/mol. The minimum absolute atomic E-state index is 0. The minimum atomic E-state index is 0. The largest absolute Gasteiger partial charge is 0.333 e. The topological polar surface area (TPSA) is 32.3 Å². The third kappa shape index (κ3) is 3.48. The van der Waals surface area contributed by atoms with E-state index in [2.05, 4.69) is 25.2 Å². The fourth-order valence-corrected chi connectivity index (χ4v) is 2.61. The molecule has 1 heterocycles. The number of carbonyl (C=O) groups is 1. The molecule has 0 spiro atoms. The van der Waals surface area contributed by atoms with E-state index >= 15 is 0 Å². The lowest BCUT2D eigenvalue weighted by Gasteiger charge is -2.38. The standard InChI is InChI=1S/C15H22N2O.ClH/c1-10-7-11(2)9-14(8-10)15(18)17-6-5-16-12(3)13(17)4;/h7-9,12-13,16H,5-6H2,1-4H3;1H. The summed E-state index contributed by atoms with van der Waals surface area (Å²) < 4.78 is 0. The number of hydrogen-bond donors (Lipinski definition) is 1. The van der Waals surface area contributed by atoms with E-state index in [1.54, 1.807) is 0 Å². The van der Waals surface area contributed by atoms with E-state index in [4.69, 9.17) is 0 Å². The Labute approximate surface area is 121 Å². The highest BCUT2D eigenvalue weighted by Crippen LogP contribution is 2.16. The van der Waals surface area contributed by atoms with Crippen molar-refractivity contribution in [3.8, 4) is 0 Å². The summed E-state index contributed by atoms with van der Waals surface area (Å²) in [5.41, 5.74) is 3.11. The molecule has 1 aromatic rings. The summed E-state index contributed by atoms with van der Waals surface area (Å²) in [7, 11) is 0. The molecule has 1 fully saturated rings. The number of aryl methyl sites for hydroxylation is 2. The van der Waals surface area contributed by atoms with Crippen LogP contribution in [0.3, 0.4) is 0 Å². The Morgan fingerprint density at radius 3 is 2.37 bits per heavy atom. The van der Waals surface area contributed by atoms with Crippen molar-refractivity contribution >= 4 is 18.3 Å². The van der Waals surface area contributed by atoms with Gasteiger partial charge in [0.2, 0.25) is 0 Å². The Morgan fingerprint density at radius 2 is 1.79 bits per heavy atom. The van der Waals surface area contributed by atoms with Gasteiger partial charge in [0.25, 0.3) is 5.91 Å². The van der Waals surface area contributed by atoms with Crippen LogP contribution >= 0.6 is 12.4 Å². The highest BCUT2D eigenvalue weighted by molar-refractivity contribution is 5.95. The molecule has 1 saturated heterocycles. The van der Waals surface area contributed by atoms with Gasteiger partial charge in [-0.2, -0.15) is 0 Å².